The van der Waals surface area contributed by atoms with Crippen molar-refractivity contribution in [1.82, 2.24) is 9.88 Å². The number of rotatable bonds is 1. The highest BCUT2D eigenvalue weighted by Crippen LogP contribution is 2.25. The average Bonchev–Trinajstić information content (AvgIpc) is 2.34. The molecule has 2 rings (SSSR count). The number of halogens is 1. The molecular formula is C13H18ClN3O. The van der Waals surface area contributed by atoms with Crippen LogP contribution in [0.15, 0.2) is 12.3 Å². The van der Waals surface area contributed by atoms with Crippen LogP contribution in [0, 0.1) is 5.92 Å². The van der Waals surface area contributed by atoms with Crippen LogP contribution in [0.4, 0.5) is 5.69 Å². The number of piperidine rings is 1. The predicted octanol–water partition coefficient (Wildman–Crippen LogP) is 2.58. The number of aromatic nitrogens is 1. The number of carbonyl (C=O) groups is 1. The van der Waals surface area contributed by atoms with Crippen LogP contribution in [0.3, 0.4) is 0 Å². The molecular weight excluding hydrogens is 250 g/mol. The zero-order chi connectivity index (χ0) is 13.3. The van der Waals surface area contributed by atoms with E-state index in [4.69, 9.17) is 17.3 Å². The molecule has 1 aliphatic rings. The van der Waals surface area contributed by atoms with Crippen molar-refractivity contribution in [2.75, 3.05) is 12.3 Å². The van der Waals surface area contributed by atoms with Crippen molar-refractivity contribution in [3.8, 4) is 0 Å². The minimum absolute atomic E-state index is 0.0455. The summed E-state index contributed by atoms with van der Waals surface area (Å²) in [7, 11) is 0. The Kier molecular flexibility index (Phi) is 3.76. The van der Waals surface area contributed by atoms with Crippen molar-refractivity contribution in [2.24, 2.45) is 5.92 Å². The van der Waals surface area contributed by atoms with Gasteiger partial charge < -0.3 is 10.6 Å². The van der Waals surface area contributed by atoms with Crippen LogP contribution in [0.1, 0.15) is 37.0 Å². The zero-order valence-electron chi connectivity index (χ0n) is 10.7. The smallest absolute Gasteiger partial charge is 0.256 e. The summed E-state index contributed by atoms with van der Waals surface area (Å²) in [6.07, 6.45) is 3.64. The van der Waals surface area contributed by atoms with E-state index in [-0.39, 0.29) is 11.9 Å². The van der Waals surface area contributed by atoms with E-state index < -0.39 is 0 Å². The number of nitrogen functional groups attached to an aromatic ring is 1. The number of likely N-dealkylation sites (tertiary alicyclic amines) is 1. The van der Waals surface area contributed by atoms with Crippen molar-refractivity contribution in [3.63, 3.8) is 0 Å². The van der Waals surface area contributed by atoms with Gasteiger partial charge in [0.1, 0.15) is 5.15 Å². The molecule has 1 saturated heterocycles. The van der Waals surface area contributed by atoms with Crippen LogP contribution in [-0.2, 0) is 0 Å². The van der Waals surface area contributed by atoms with Crippen LogP contribution in [0.25, 0.3) is 0 Å². The van der Waals surface area contributed by atoms with Gasteiger partial charge in [0.25, 0.3) is 5.91 Å². The van der Waals surface area contributed by atoms with Crippen LogP contribution < -0.4 is 5.73 Å². The fourth-order valence-electron chi connectivity index (χ4n) is 2.35. The third-order valence-corrected chi connectivity index (χ3v) is 3.72. The first-order valence-electron chi connectivity index (χ1n) is 6.21. The van der Waals surface area contributed by atoms with Crippen LogP contribution in [0.2, 0.25) is 5.15 Å². The molecule has 2 N–H and O–H groups in total. The van der Waals surface area contributed by atoms with Gasteiger partial charge in [-0.3, -0.25) is 4.79 Å². The van der Waals surface area contributed by atoms with Gasteiger partial charge in [-0.25, -0.2) is 4.98 Å². The van der Waals surface area contributed by atoms with E-state index in [1.807, 2.05) is 4.90 Å². The third kappa shape index (κ3) is 2.58. The number of nitrogens with zero attached hydrogens (tertiary/aromatic N) is 2. The summed E-state index contributed by atoms with van der Waals surface area (Å²) in [4.78, 5) is 18.2. The van der Waals surface area contributed by atoms with Gasteiger partial charge in [-0.05, 0) is 31.7 Å². The molecule has 0 saturated carbocycles. The molecule has 98 valence electrons. The van der Waals surface area contributed by atoms with Gasteiger partial charge in [0.05, 0.1) is 17.4 Å². The fourth-order valence-corrected chi connectivity index (χ4v) is 2.51. The predicted molar refractivity (Wildman–Crippen MR) is 72.6 cm³/mol. The van der Waals surface area contributed by atoms with E-state index in [0.717, 1.165) is 19.4 Å². The Balaban J connectivity index is 2.27. The molecule has 1 amide bonds. The number of hydrogen-bond donors (Lipinski definition) is 1. The second-order valence-corrected chi connectivity index (χ2v) is 5.47. The van der Waals surface area contributed by atoms with Gasteiger partial charge in [-0.2, -0.15) is 0 Å². The standard InChI is InChI=1S/C13H18ClN3O/c1-8-3-4-9(2)17(7-8)13(18)10-5-12(14)16-6-11(10)15/h5-6,8-9H,3-4,7,15H2,1-2H3. The largest absolute Gasteiger partial charge is 0.397 e. The highest BCUT2D eigenvalue weighted by molar-refractivity contribution is 6.29. The minimum Gasteiger partial charge on any atom is -0.397 e. The maximum Gasteiger partial charge on any atom is 0.256 e. The highest BCUT2D eigenvalue weighted by atomic mass is 35.5. The van der Waals surface area contributed by atoms with Gasteiger partial charge in [0.2, 0.25) is 0 Å². The Hall–Kier alpha value is -1.29. The summed E-state index contributed by atoms with van der Waals surface area (Å²) in [5.41, 5.74) is 6.65. The fraction of sp³-hybridized carbons (Fsp3) is 0.538. The Bertz CT molecular complexity index is 464. The van der Waals surface area contributed by atoms with Crippen LogP contribution in [0.5, 0.6) is 0 Å². The first-order valence-corrected chi connectivity index (χ1v) is 6.59. The van der Waals surface area contributed by atoms with Crippen molar-refractivity contribution >= 4 is 23.2 Å². The average molecular weight is 268 g/mol. The normalized spacial score (nSPS) is 24.1. The highest BCUT2D eigenvalue weighted by Gasteiger charge is 2.28. The maximum atomic E-state index is 12.5. The number of hydrogen-bond acceptors (Lipinski definition) is 3. The number of carbonyl (C=O) groups excluding carboxylic acids is 1. The molecule has 2 unspecified atom stereocenters. The van der Waals surface area contributed by atoms with Gasteiger partial charge in [0.15, 0.2) is 0 Å². The zero-order valence-corrected chi connectivity index (χ0v) is 11.4. The van der Waals surface area contributed by atoms with Gasteiger partial charge in [-0.1, -0.05) is 18.5 Å². The molecule has 1 aliphatic heterocycles. The molecule has 0 aromatic carbocycles. The van der Waals surface area contributed by atoms with Crippen LogP contribution in [-0.4, -0.2) is 28.4 Å². The molecule has 1 aromatic heterocycles. The third-order valence-electron chi connectivity index (χ3n) is 3.51. The first-order chi connectivity index (χ1) is 8.49. The molecule has 0 aliphatic carbocycles. The first kappa shape index (κ1) is 13.1. The van der Waals surface area contributed by atoms with Crippen molar-refractivity contribution in [2.45, 2.75) is 32.7 Å². The molecule has 5 heteroatoms. The van der Waals surface area contributed by atoms with Gasteiger partial charge >= 0.3 is 0 Å². The Morgan fingerprint density at radius 3 is 2.94 bits per heavy atom. The van der Waals surface area contributed by atoms with Gasteiger partial charge in [0, 0.05) is 12.6 Å². The number of pyridine rings is 1. The number of anilines is 1. The minimum atomic E-state index is -0.0455. The Morgan fingerprint density at radius 1 is 1.50 bits per heavy atom. The van der Waals surface area contributed by atoms with Crippen LogP contribution >= 0.6 is 11.6 Å². The second-order valence-electron chi connectivity index (χ2n) is 5.08. The summed E-state index contributed by atoms with van der Waals surface area (Å²) in [6, 6.07) is 1.80. The van der Waals surface area contributed by atoms with Crippen molar-refractivity contribution in [3.05, 3.63) is 23.0 Å². The maximum absolute atomic E-state index is 12.5. The quantitative estimate of drug-likeness (QED) is 0.796. The summed E-state index contributed by atoms with van der Waals surface area (Å²) >= 11 is 5.83. The van der Waals surface area contributed by atoms with E-state index >= 15 is 0 Å². The lowest BCUT2D eigenvalue weighted by Crippen LogP contribution is -2.45. The Morgan fingerprint density at radius 2 is 2.22 bits per heavy atom. The van der Waals surface area contributed by atoms with Gasteiger partial charge in [-0.15, -0.1) is 0 Å². The van der Waals surface area contributed by atoms with E-state index in [2.05, 4.69) is 18.8 Å². The van der Waals surface area contributed by atoms with E-state index in [1.54, 1.807) is 6.07 Å². The van der Waals surface area contributed by atoms with E-state index in [0.29, 0.717) is 22.3 Å². The molecule has 0 radical (unpaired) electrons. The lowest BCUT2D eigenvalue weighted by molar-refractivity contribution is 0.0575. The van der Waals surface area contributed by atoms with E-state index in [1.165, 1.54) is 6.20 Å². The summed E-state index contributed by atoms with van der Waals surface area (Å²) in [5.74, 6) is 0.486. The molecule has 2 heterocycles. The SMILES string of the molecule is CC1CCC(C)N(C(=O)c2cc(Cl)ncc2N)C1. The number of nitrogens with two attached hydrogens (primary N) is 1. The summed E-state index contributed by atoms with van der Waals surface area (Å²) in [6.45, 7) is 5.01. The lowest BCUT2D eigenvalue weighted by atomic mass is 9.94. The topological polar surface area (TPSA) is 59.2 Å². The molecule has 2 atom stereocenters. The monoisotopic (exact) mass is 267 g/mol. The summed E-state index contributed by atoms with van der Waals surface area (Å²) < 4.78 is 0. The summed E-state index contributed by atoms with van der Waals surface area (Å²) in [5, 5.41) is 0.297. The molecule has 18 heavy (non-hydrogen) atoms. The lowest BCUT2D eigenvalue weighted by Gasteiger charge is -2.37. The molecule has 0 spiro atoms. The molecule has 4 nitrogen and oxygen atoms in total. The molecule has 0 bridgehead atoms. The molecule has 1 fully saturated rings. The van der Waals surface area contributed by atoms with Crippen molar-refractivity contribution in [1.29, 1.82) is 0 Å². The molecule has 1 aromatic rings. The van der Waals surface area contributed by atoms with E-state index in [9.17, 15) is 4.79 Å². The Labute approximate surface area is 112 Å². The number of amides is 1. The second kappa shape index (κ2) is 5.14. The van der Waals surface area contributed by atoms with Crippen molar-refractivity contribution < 1.29 is 4.79 Å².